The Labute approximate surface area is 116 Å². The van der Waals surface area contributed by atoms with E-state index in [1.54, 1.807) is 0 Å². The fourth-order valence-electron chi connectivity index (χ4n) is 3.16. The van der Waals surface area contributed by atoms with Crippen molar-refractivity contribution in [1.82, 2.24) is 0 Å². The van der Waals surface area contributed by atoms with E-state index in [2.05, 4.69) is 6.07 Å². The first-order chi connectivity index (χ1) is 8.79. The van der Waals surface area contributed by atoms with Crippen LogP contribution in [0.2, 0.25) is 0 Å². The van der Waals surface area contributed by atoms with Crippen LogP contribution in [0.5, 0.6) is 0 Å². The minimum atomic E-state index is -3.11. The largest absolute Gasteiger partial charge is 0.327 e. The molecule has 3 nitrogen and oxygen atoms in total. The van der Waals surface area contributed by atoms with Crippen molar-refractivity contribution in [3.63, 3.8) is 0 Å². The van der Waals surface area contributed by atoms with Gasteiger partial charge in [0.2, 0.25) is 0 Å². The molecule has 1 aromatic rings. The highest BCUT2D eigenvalue weighted by Gasteiger charge is 2.39. The predicted octanol–water partition coefficient (Wildman–Crippen LogP) is 2.34. The molecule has 3 atom stereocenters. The summed E-state index contributed by atoms with van der Waals surface area (Å²) < 4.78 is 25.1. The van der Waals surface area contributed by atoms with Crippen molar-refractivity contribution in [2.24, 2.45) is 11.7 Å². The van der Waals surface area contributed by atoms with Crippen molar-refractivity contribution in [3.8, 4) is 0 Å². The van der Waals surface area contributed by atoms with Crippen LogP contribution in [0.25, 0.3) is 0 Å². The molecule has 3 unspecified atom stereocenters. The molecule has 0 aliphatic heterocycles. The van der Waals surface area contributed by atoms with Crippen LogP contribution in [0.4, 0.5) is 0 Å². The smallest absolute Gasteiger partial charge is 0.157 e. The van der Waals surface area contributed by atoms with Crippen LogP contribution in [0.1, 0.15) is 36.5 Å². The summed E-state index contributed by atoms with van der Waals surface area (Å²) in [5.41, 5.74) is 9.06. The maximum atomic E-state index is 12.5. The zero-order valence-electron chi connectivity index (χ0n) is 11.9. The molecule has 0 amide bonds. The maximum absolute atomic E-state index is 12.5. The number of aryl methyl sites for hydroxylation is 2. The zero-order valence-corrected chi connectivity index (χ0v) is 12.7. The van der Waals surface area contributed by atoms with Gasteiger partial charge in [0.25, 0.3) is 0 Å². The van der Waals surface area contributed by atoms with Gasteiger partial charge in [-0.05, 0) is 38.2 Å². The normalized spacial score (nSPS) is 27.7. The van der Waals surface area contributed by atoms with E-state index in [4.69, 9.17) is 5.73 Å². The molecule has 0 radical (unpaired) electrons. The Kier molecular flexibility index (Phi) is 4.02. The van der Waals surface area contributed by atoms with Gasteiger partial charge < -0.3 is 5.73 Å². The quantitative estimate of drug-likeness (QED) is 0.925. The van der Waals surface area contributed by atoms with Crippen molar-refractivity contribution < 1.29 is 8.42 Å². The van der Waals surface area contributed by atoms with Crippen LogP contribution in [0, 0.1) is 19.8 Å². The monoisotopic (exact) mass is 281 g/mol. The van der Waals surface area contributed by atoms with Crippen LogP contribution >= 0.6 is 0 Å². The molecule has 1 saturated carbocycles. The number of hydrogen-bond acceptors (Lipinski definition) is 3. The molecule has 0 bridgehead atoms. The third-order valence-corrected chi connectivity index (χ3v) is 6.48. The highest BCUT2D eigenvalue weighted by atomic mass is 32.2. The van der Waals surface area contributed by atoms with E-state index >= 15 is 0 Å². The van der Waals surface area contributed by atoms with E-state index in [0.29, 0.717) is 6.42 Å². The summed E-state index contributed by atoms with van der Waals surface area (Å²) in [6, 6.07) is 6.01. The Balaban J connectivity index is 2.22. The minimum Gasteiger partial charge on any atom is -0.327 e. The van der Waals surface area contributed by atoms with Crippen molar-refractivity contribution in [1.29, 1.82) is 0 Å². The summed E-state index contributed by atoms with van der Waals surface area (Å²) >= 11 is 0. The number of hydrogen-bond donors (Lipinski definition) is 1. The van der Waals surface area contributed by atoms with Gasteiger partial charge in [0, 0.05) is 6.04 Å². The first-order valence-electron chi connectivity index (χ1n) is 6.84. The topological polar surface area (TPSA) is 60.2 Å². The second-order valence-electron chi connectivity index (χ2n) is 5.94. The molecule has 4 heteroatoms. The standard InChI is InChI=1S/C15H23NO2S/c1-10-6-11(2)8-13(7-10)9-19(17,18)15-5-4-14(16)12(15)3/h6-8,12,14-15H,4-5,9,16H2,1-3H3. The second-order valence-corrected chi connectivity index (χ2v) is 8.16. The maximum Gasteiger partial charge on any atom is 0.157 e. The van der Waals surface area contributed by atoms with Gasteiger partial charge in [-0.2, -0.15) is 0 Å². The average molecular weight is 281 g/mol. The number of rotatable bonds is 3. The third kappa shape index (κ3) is 3.18. The molecule has 0 aromatic heterocycles. The van der Waals surface area contributed by atoms with Gasteiger partial charge in [-0.15, -0.1) is 0 Å². The van der Waals surface area contributed by atoms with E-state index in [-0.39, 0.29) is 23.0 Å². The van der Waals surface area contributed by atoms with Gasteiger partial charge in [-0.1, -0.05) is 36.2 Å². The van der Waals surface area contributed by atoms with Crippen LogP contribution < -0.4 is 5.73 Å². The molecule has 2 N–H and O–H groups in total. The van der Waals surface area contributed by atoms with Gasteiger partial charge in [0.05, 0.1) is 11.0 Å². The SMILES string of the molecule is Cc1cc(C)cc(CS(=O)(=O)C2CCC(N)C2C)c1. The molecule has 1 aliphatic rings. The highest BCUT2D eigenvalue weighted by molar-refractivity contribution is 7.91. The Hall–Kier alpha value is -0.870. The van der Waals surface area contributed by atoms with E-state index in [9.17, 15) is 8.42 Å². The molecule has 1 aromatic carbocycles. The predicted molar refractivity (Wildman–Crippen MR) is 78.7 cm³/mol. The number of benzene rings is 1. The fraction of sp³-hybridized carbons (Fsp3) is 0.600. The molecule has 0 heterocycles. The summed E-state index contributed by atoms with van der Waals surface area (Å²) in [6.45, 7) is 5.95. The van der Waals surface area contributed by atoms with E-state index in [1.807, 2.05) is 32.9 Å². The summed E-state index contributed by atoms with van der Waals surface area (Å²) in [5.74, 6) is 0.202. The molecule has 0 spiro atoms. The van der Waals surface area contributed by atoms with Gasteiger partial charge >= 0.3 is 0 Å². The lowest BCUT2D eigenvalue weighted by Gasteiger charge is -2.18. The van der Waals surface area contributed by atoms with Gasteiger partial charge in [0.15, 0.2) is 9.84 Å². The second kappa shape index (κ2) is 5.25. The average Bonchev–Trinajstić information content (AvgIpc) is 2.57. The highest BCUT2D eigenvalue weighted by Crippen LogP contribution is 2.32. The van der Waals surface area contributed by atoms with Gasteiger partial charge in [-0.3, -0.25) is 0 Å². The Morgan fingerprint density at radius 1 is 1.16 bits per heavy atom. The lowest BCUT2D eigenvalue weighted by atomic mass is 10.1. The summed E-state index contributed by atoms with van der Waals surface area (Å²) in [6.07, 6.45) is 1.52. The Morgan fingerprint density at radius 3 is 2.21 bits per heavy atom. The molecule has 1 aliphatic carbocycles. The third-order valence-electron chi connectivity index (χ3n) is 4.16. The van der Waals surface area contributed by atoms with Crippen LogP contribution in [0.3, 0.4) is 0 Å². The molecule has 0 saturated heterocycles. The summed E-state index contributed by atoms with van der Waals surface area (Å²) in [4.78, 5) is 0. The molecule has 2 rings (SSSR count). The molecule has 19 heavy (non-hydrogen) atoms. The van der Waals surface area contributed by atoms with Crippen LogP contribution in [0.15, 0.2) is 18.2 Å². The first kappa shape index (κ1) is 14.5. The van der Waals surface area contributed by atoms with Crippen molar-refractivity contribution in [3.05, 3.63) is 34.9 Å². The number of sulfone groups is 1. The number of nitrogens with two attached hydrogens (primary N) is 1. The van der Waals surface area contributed by atoms with Crippen molar-refractivity contribution in [2.75, 3.05) is 0 Å². The van der Waals surface area contributed by atoms with E-state index < -0.39 is 9.84 Å². The first-order valence-corrected chi connectivity index (χ1v) is 8.55. The van der Waals surface area contributed by atoms with Gasteiger partial charge in [0.1, 0.15) is 0 Å². The summed E-state index contributed by atoms with van der Waals surface area (Å²) in [5, 5.41) is -0.275. The fourth-order valence-corrected chi connectivity index (χ4v) is 5.35. The van der Waals surface area contributed by atoms with Crippen LogP contribution in [-0.4, -0.2) is 19.7 Å². The van der Waals surface area contributed by atoms with E-state index in [0.717, 1.165) is 23.1 Å². The van der Waals surface area contributed by atoms with Gasteiger partial charge in [-0.25, -0.2) is 8.42 Å². The molecule has 106 valence electrons. The van der Waals surface area contributed by atoms with E-state index in [1.165, 1.54) is 0 Å². The summed E-state index contributed by atoms with van der Waals surface area (Å²) in [7, 11) is -3.11. The van der Waals surface area contributed by atoms with Crippen molar-refractivity contribution >= 4 is 9.84 Å². The zero-order chi connectivity index (χ0) is 14.2. The molecule has 1 fully saturated rings. The lowest BCUT2D eigenvalue weighted by molar-refractivity contribution is 0.506. The lowest BCUT2D eigenvalue weighted by Crippen LogP contribution is -2.32. The molecular weight excluding hydrogens is 258 g/mol. The molecular formula is C15H23NO2S. The van der Waals surface area contributed by atoms with Crippen LogP contribution in [-0.2, 0) is 15.6 Å². The Bertz CT molecular complexity index is 545. The van der Waals surface area contributed by atoms with Crippen molar-refractivity contribution in [2.45, 2.75) is 50.7 Å². The Morgan fingerprint density at radius 2 is 1.74 bits per heavy atom. The minimum absolute atomic E-state index is 0.0269.